The summed E-state index contributed by atoms with van der Waals surface area (Å²) in [6, 6.07) is 12.1. The minimum absolute atomic E-state index is 0.0454. The molecule has 0 fully saturated rings. The van der Waals surface area contributed by atoms with E-state index in [1.165, 1.54) is 25.1 Å². The van der Waals surface area contributed by atoms with E-state index in [0.29, 0.717) is 5.75 Å². The molecule has 0 aliphatic heterocycles. The molecule has 9 heteroatoms. The maximum absolute atomic E-state index is 12.2. The van der Waals surface area contributed by atoms with E-state index in [4.69, 9.17) is 4.74 Å². The topological polar surface area (TPSA) is 76.7 Å². The molecule has 2 aromatic carbocycles. The van der Waals surface area contributed by atoms with Crippen LogP contribution in [0.25, 0.3) is 0 Å². The number of hydrogen-bond acceptors (Lipinski definition) is 4. The quantitative estimate of drug-likeness (QED) is 0.692. The number of hydrazine groups is 1. The minimum Gasteiger partial charge on any atom is -0.481 e. The standard InChI is InChI=1S/C17H15BrF2N2O4/c1-10(25-14-7-3-5-12(18)9-14)15(23)21-22-16(24)11-4-2-6-13(8-11)26-17(19)20/h2-10,17H,1H3,(H,21,23)(H,22,24). The fraction of sp³-hybridized carbons (Fsp3) is 0.176. The first-order chi connectivity index (χ1) is 12.3. The number of amides is 2. The van der Waals surface area contributed by atoms with Crippen LogP contribution < -0.4 is 20.3 Å². The van der Waals surface area contributed by atoms with Gasteiger partial charge in [0.2, 0.25) is 0 Å². The molecule has 2 aromatic rings. The van der Waals surface area contributed by atoms with E-state index in [2.05, 4.69) is 31.5 Å². The van der Waals surface area contributed by atoms with Crippen LogP contribution in [-0.4, -0.2) is 24.5 Å². The van der Waals surface area contributed by atoms with E-state index in [0.717, 1.165) is 10.5 Å². The molecule has 0 spiro atoms. The molecule has 0 aliphatic carbocycles. The summed E-state index contributed by atoms with van der Waals surface area (Å²) >= 11 is 3.29. The smallest absolute Gasteiger partial charge is 0.387 e. The highest BCUT2D eigenvalue weighted by Gasteiger charge is 2.16. The number of alkyl halides is 2. The molecule has 0 heterocycles. The van der Waals surface area contributed by atoms with E-state index >= 15 is 0 Å². The van der Waals surface area contributed by atoms with Crippen molar-refractivity contribution in [2.24, 2.45) is 0 Å². The van der Waals surface area contributed by atoms with Crippen molar-refractivity contribution in [2.75, 3.05) is 0 Å². The average Bonchev–Trinajstić information content (AvgIpc) is 2.59. The second-order valence-corrected chi connectivity index (χ2v) is 5.98. The molecule has 2 rings (SSSR count). The Morgan fingerprint density at radius 1 is 1.00 bits per heavy atom. The molecule has 0 aliphatic rings. The lowest BCUT2D eigenvalue weighted by atomic mass is 10.2. The summed E-state index contributed by atoms with van der Waals surface area (Å²) in [6.07, 6.45) is -0.877. The lowest BCUT2D eigenvalue weighted by molar-refractivity contribution is -0.128. The number of nitrogens with one attached hydrogen (secondary N) is 2. The van der Waals surface area contributed by atoms with Crippen molar-refractivity contribution in [1.29, 1.82) is 0 Å². The molecule has 2 amide bonds. The molecule has 6 nitrogen and oxygen atoms in total. The predicted octanol–water partition coefficient (Wildman–Crippen LogP) is 3.28. The molecule has 0 aromatic heterocycles. The number of rotatable bonds is 6. The third kappa shape index (κ3) is 5.99. The third-order valence-corrected chi connectivity index (χ3v) is 3.59. The van der Waals surface area contributed by atoms with E-state index in [-0.39, 0.29) is 11.3 Å². The highest BCUT2D eigenvalue weighted by molar-refractivity contribution is 9.10. The molecule has 1 unspecified atom stereocenters. The molecule has 0 bridgehead atoms. The van der Waals surface area contributed by atoms with Crippen molar-refractivity contribution in [3.63, 3.8) is 0 Å². The van der Waals surface area contributed by atoms with Gasteiger partial charge < -0.3 is 9.47 Å². The normalized spacial score (nSPS) is 11.6. The highest BCUT2D eigenvalue weighted by atomic mass is 79.9. The number of hydrogen-bond donors (Lipinski definition) is 2. The number of ether oxygens (including phenoxy) is 2. The summed E-state index contributed by atoms with van der Waals surface area (Å²) in [5.41, 5.74) is 4.44. The van der Waals surface area contributed by atoms with Crippen LogP contribution >= 0.6 is 15.9 Å². The van der Waals surface area contributed by atoms with Crippen molar-refractivity contribution in [2.45, 2.75) is 19.6 Å². The first-order valence-corrected chi connectivity index (χ1v) is 8.22. The van der Waals surface area contributed by atoms with E-state index < -0.39 is 24.5 Å². The van der Waals surface area contributed by atoms with Gasteiger partial charge in [0, 0.05) is 10.0 Å². The zero-order valence-electron chi connectivity index (χ0n) is 13.5. The van der Waals surface area contributed by atoms with Crippen LogP contribution in [0.4, 0.5) is 8.78 Å². The van der Waals surface area contributed by atoms with Crippen molar-refractivity contribution >= 4 is 27.7 Å². The highest BCUT2D eigenvalue weighted by Crippen LogP contribution is 2.19. The molecular weight excluding hydrogens is 414 g/mol. The molecule has 1 atom stereocenters. The summed E-state index contributed by atoms with van der Waals surface area (Å²) in [4.78, 5) is 24.0. The largest absolute Gasteiger partial charge is 0.481 e. The molecule has 26 heavy (non-hydrogen) atoms. The molecule has 2 N–H and O–H groups in total. The number of benzene rings is 2. The van der Waals surface area contributed by atoms with Crippen molar-refractivity contribution in [3.05, 3.63) is 58.6 Å². The Kier molecular flexibility index (Phi) is 6.90. The first kappa shape index (κ1) is 19.6. The Labute approximate surface area is 156 Å². The van der Waals surface area contributed by atoms with Gasteiger partial charge in [-0.3, -0.25) is 20.4 Å². The number of halogens is 3. The molecule has 0 saturated heterocycles. The Morgan fingerprint density at radius 3 is 2.31 bits per heavy atom. The van der Waals surface area contributed by atoms with Crippen molar-refractivity contribution < 1.29 is 27.8 Å². The van der Waals surface area contributed by atoms with Gasteiger partial charge in [-0.2, -0.15) is 8.78 Å². The van der Waals surface area contributed by atoms with Crippen LogP contribution in [0, 0.1) is 0 Å². The van der Waals surface area contributed by atoms with Crippen molar-refractivity contribution in [1.82, 2.24) is 10.9 Å². The fourth-order valence-electron chi connectivity index (χ4n) is 1.90. The lowest BCUT2D eigenvalue weighted by Gasteiger charge is -2.15. The van der Waals surface area contributed by atoms with Crippen molar-refractivity contribution in [3.8, 4) is 11.5 Å². The Bertz CT molecular complexity index is 789. The van der Waals surface area contributed by atoms with Gasteiger partial charge in [-0.15, -0.1) is 0 Å². The SMILES string of the molecule is CC(Oc1cccc(Br)c1)C(=O)NNC(=O)c1cccc(OC(F)F)c1. The Hall–Kier alpha value is -2.68. The summed E-state index contributed by atoms with van der Waals surface area (Å²) in [6.45, 7) is -1.48. The van der Waals surface area contributed by atoms with Crippen LogP contribution in [0.3, 0.4) is 0 Å². The Morgan fingerprint density at radius 2 is 1.65 bits per heavy atom. The second-order valence-electron chi connectivity index (χ2n) is 5.07. The summed E-state index contributed by atoms with van der Waals surface area (Å²) in [7, 11) is 0. The molecule has 0 saturated carbocycles. The van der Waals surface area contributed by atoms with E-state index in [9.17, 15) is 18.4 Å². The van der Waals surface area contributed by atoms with Gasteiger partial charge in [-0.05, 0) is 43.3 Å². The molecular formula is C17H15BrF2N2O4. The lowest BCUT2D eigenvalue weighted by Crippen LogP contribution is -2.47. The van der Waals surface area contributed by atoms with E-state index in [1.54, 1.807) is 18.2 Å². The van der Waals surface area contributed by atoms with Gasteiger partial charge >= 0.3 is 6.61 Å². The van der Waals surface area contributed by atoms with Crippen LogP contribution in [0.5, 0.6) is 11.5 Å². The molecule has 0 radical (unpaired) electrons. The van der Waals surface area contributed by atoms with Gasteiger partial charge in [0.25, 0.3) is 11.8 Å². The van der Waals surface area contributed by atoms with Gasteiger partial charge in [-0.1, -0.05) is 28.1 Å². The zero-order chi connectivity index (χ0) is 19.1. The summed E-state index contributed by atoms with van der Waals surface area (Å²) in [5.74, 6) is -0.957. The average molecular weight is 429 g/mol. The second kappa shape index (κ2) is 9.14. The van der Waals surface area contributed by atoms with Crippen LogP contribution in [0.1, 0.15) is 17.3 Å². The van der Waals surface area contributed by atoms with Gasteiger partial charge in [-0.25, -0.2) is 0 Å². The zero-order valence-corrected chi connectivity index (χ0v) is 15.1. The fourth-order valence-corrected chi connectivity index (χ4v) is 2.28. The molecule has 138 valence electrons. The maximum atomic E-state index is 12.2. The van der Waals surface area contributed by atoms with Gasteiger partial charge in [0.15, 0.2) is 6.10 Å². The van der Waals surface area contributed by atoms with Crippen LogP contribution in [-0.2, 0) is 4.79 Å². The monoisotopic (exact) mass is 428 g/mol. The van der Waals surface area contributed by atoms with Gasteiger partial charge in [0.05, 0.1) is 0 Å². The van der Waals surface area contributed by atoms with Gasteiger partial charge in [0.1, 0.15) is 11.5 Å². The number of carbonyl (C=O) groups is 2. The minimum atomic E-state index is -3.00. The van der Waals surface area contributed by atoms with Crippen LogP contribution in [0.15, 0.2) is 53.0 Å². The maximum Gasteiger partial charge on any atom is 0.387 e. The summed E-state index contributed by atoms with van der Waals surface area (Å²) in [5, 5.41) is 0. The van der Waals surface area contributed by atoms with E-state index in [1.807, 2.05) is 6.07 Å². The Balaban J connectivity index is 1.89. The summed E-state index contributed by atoms with van der Waals surface area (Å²) < 4.78 is 34.9. The van der Waals surface area contributed by atoms with Crippen LogP contribution in [0.2, 0.25) is 0 Å². The predicted molar refractivity (Wildman–Crippen MR) is 92.9 cm³/mol. The first-order valence-electron chi connectivity index (χ1n) is 7.42. The third-order valence-electron chi connectivity index (χ3n) is 3.10. The number of carbonyl (C=O) groups excluding carboxylic acids is 2.